The summed E-state index contributed by atoms with van der Waals surface area (Å²) in [4.78, 5) is 11.4. The Hall–Kier alpha value is -4.41. The van der Waals surface area contributed by atoms with Gasteiger partial charge in [-0.25, -0.2) is 13.8 Å². The van der Waals surface area contributed by atoms with E-state index < -0.39 is 23.6 Å². The van der Waals surface area contributed by atoms with Crippen molar-refractivity contribution in [2.75, 3.05) is 31.1 Å². The molecule has 0 bridgehead atoms. The summed E-state index contributed by atoms with van der Waals surface area (Å²) in [6.45, 7) is 5.49. The number of nitrogens with one attached hydrogen (secondary N) is 1. The highest BCUT2D eigenvalue weighted by Crippen LogP contribution is 2.30. The molecule has 7 rings (SSSR count). The van der Waals surface area contributed by atoms with E-state index in [0.717, 1.165) is 12.1 Å². The Labute approximate surface area is 275 Å². The van der Waals surface area contributed by atoms with Crippen LogP contribution in [0.15, 0.2) is 42.5 Å². The van der Waals surface area contributed by atoms with Crippen LogP contribution in [0.5, 0.6) is 5.75 Å². The fraction of sp³-hybridized carbons (Fsp3) is 0.387. The number of alkyl halides is 3. The summed E-state index contributed by atoms with van der Waals surface area (Å²) >= 11 is 5.83. The van der Waals surface area contributed by atoms with Crippen molar-refractivity contribution in [3.8, 4) is 17.3 Å². The number of hydrogen-bond acceptors (Lipinski definition) is 9. The minimum atomic E-state index is -4.67. The smallest absolute Gasteiger partial charge is 0.451 e. The third-order valence-corrected chi connectivity index (χ3v) is 8.77. The SMILES string of the molecule is CC1CN(c2ccc(F)c(OCc3ccc(Cl)cc3F)c2)CCN1Cc1nc2cc(-c3nnc(C(F)(F)F)[nH]3)nnc2n1CC1CCO1. The van der Waals surface area contributed by atoms with Crippen LogP contribution in [0.1, 0.15) is 30.6 Å². The predicted octanol–water partition coefficient (Wildman–Crippen LogP) is 5.64. The fourth-order valence-electron chi connectivity index (χ4n) is 5.78. The molecular formula is C31H29ClF5N9O2. The van der Waals surface area contributed by atoms with Crippen LogP contribution in [-0.4, -0.2) is 78.2 Å². The van der Waals surface area contributed by atoms with Crippen molar-refractivity contribution in [3.05, 3.63) is 76.3 Å². The van der Waals surface area contributed by atoms with Gasteiger partial charge in [0.15, 0.2) is 23.0 Å². The van der Waals surface area contributed by atoms with Crippen molar-refractivity contribution >= 4 is 28.5 Å². The Bertz CT molecular complexity index is 1950. The number of ether oxygens (including phenoxy) is 2. The van der Waals surface area contributed by atoms with Crippen molar-refractivity contribution < 1.29 is 31.4 Å². The molecule has 5 heterocycles. The predicted molar refractivity (Wildman–Crippen MR) is 164 cm³/mol. The van der Waals surface area contributed by atoms with Gasteiger partial charge in [-0.1, -0.05) is 17.7 Å². The Morgan fingerprint density at radius 2 is 1.85 bits per heavy atom. The van der Waals surface area contributed by atoms with Crippen molar-refractivity contribution in [3.63, 3.8) is 0 Å². The number of halogens is 6. The lowest BCUT2D eigenvalue weighted by molar-refractivity contribution is -0.144. The summed E-state index contributed by atoms with van der Waals surface area (Å²) in [6.07, 6.45) is -3.80. The molecule has 0 radical (unpaired) electrons. The average Bonchev–Trinajstić information content (AvgIpc) is 3.65. The number of imidazole rings is 1. The number of rotatable bonds is 9. The van der Waals surface area contributed by atoms with Crippen molar-refractivity contribution in [2.45, 2.75) is 51.4 Å². The van der Waals surface area contributed by atoms with Crippen LogP contribution in [0.25, 0.3) is 22.7 Å². The molecule has 11 nitrogen and oxygen atoms in total. The number of anilines is 1. The first-order chi connectivity index (χ1) is 23.0. The highest BCUT2D eigenvalue weighted by atomic mass is 35.5. The largest absolute Gasteiger partial charge is 0.486 e. The molecule has 1 N–H and O–H groups in total. The van der Waals surface area contributed by atoms with Gasteiger partial charge < -0.3 is 23.9 Å². The van der Waals surface area contributed by atoms with Crippen LogP contribution in [0.4, 0.5) is 27.6 Å². The fourth-order valence-corrected chi connectivity index (χ4v) is 5.94. The molecule has 2 fully saturated rings. The van der Waals surface area contributed by atoms with Crippen LogP contribution in [-0.2, 0) is 30.6 Å². The lowest BCUT2D eigenvalue weighted by Gasteiger charge is -2.41. The summed E-state index contributed by atoms with van der Waals surface area (Å²) < 4.78 is 81.4. The number of piperazine rings is 1. The molecular weight excluding hydrogens is 661 g/mol. The van der Waals surface area contributed by atoms with Gasteiger partial charge in [-0.3, -0.25) is 4.90 Å². The lowest BCUT2D eigenvalue weighted by Crippen LogP contribution is -2.51. The van der Waals surface area contributed by atoms with E-state index in [1.54, 1.807) is 24.3 Å². The van der Waals surface area contributed by atoms with E-state index in [4.69, 9.17) is 26.1 Å². The van der Waals surface area contributed by atoms with E-state index in [-0.39, 0.29) is 46.6 Å². The Kier molecular flexibility index (Phi) is 8.64. The topological polar surface area (TPSA) is 110 Å². The molecule has 5 aromatic rings. The summed E-state index contributed by atoms with van der Waals surface area (Å²) in [7, 11) is 0. The number of benzene rings is 2. The first-order valence-electron chi connectivity index (χ1n) is 15.2. The Morgan fingerprint density at radius 1 is 1.02 bits per heavy atom. The molecule has 2 atom stereocenters. The first-order valence-corrected chi connectivity index (χ1v) is 15.6. The van der Waals surface area contributed by atoms with E-state index in [1.807, 2.05) is 4.57 Å². The average molecular weight is 690 g/mol. The molecule has 2 aliphatic heterocycles. The molecule has 2 unspecified atom stereocenters. The minimum absolute atomic E-state index is 0.00779. The maximum absolute atomic E-state index is 14.7. The molecule has 17 heteroatoms. The third-order valence-electron chi connectivity index (χ3n) is 8.54. The summed E-state index contributed by atoms with van der Waals surface area (Å²) in [5.74, 6) is -1.73. The maximum atomic E-state index is 14.7. The molecule has 0 aliphatic carbocycles. The van der Waals surface area contributed by atoms with Crippen LogP contribution in [0.2, 0.25) is 5.02 Å². The number of nitrogens with zero attached hydrogens (tertiary/aromatic N) is 8. The zero-order valence-corrected chi connectivity index (χ0v) is 26.3. The molecule has 2 saturated heterocycles. The Balaban J connectivity index is 1.07. The zero-order chi connectivity index (χ0) is 33.6. The van der Waals surface area contributed by atoms with Crippen molar-refractivity contribution in [1.29, 1.82) is 0 Å². The van der Waals surface area contributed by atoms with E-state index in [1.165, 1.54) is 18.2 Å². The normalized spacial score (nSPS) is 18.8. The second kappa shape index (κ2) is 12.9. The zero-order valence-electron chi connectivity index (χ0n) is 25.5. The molecule has 0 saturated carbocycles. The van der Waals surface area contributed by atoms with E-state index in [2.05, 4.69) is 42.1 Å². The van der Waals surface area contributed by atoms with Crippen LogP contribution in [0, 0.1) is 11.6 Å². The number of H-pyrrole nitrogens is 1. The highest BCUT2D eigenvalue weighted by Gasteiger charge is 2.36. The molecule has 3 aromatic heterocycles. The van der Waals surface area contributed by atoms with Gasteiger partial charge in [0.2, 0.25) is 5.82 Å². The number of fused-ring (bicyclic) bond motifs is 1. The molecule has 2 aromatic carbocycles. The first kappa shape index (κ1) is 32.2. The quantitative estimate of drug-likeness (QED) is 0.197. The summed E-state index contributed by atoms with van der Waals surface area (Å²) in [6, 6.07) is 10.5. The number of aromatic nitrogens is 7. The van der Waals surface area contributed by atoms with Gasteiger partial charge in [-0.05, 0) is 43.7 Å². The van der Waals surface area contributed by atoms with Gasteiger partial charge in [-0.2, -0.15) is 13.2 Å². The maximum Gasteiger partial charge on any atom is 0.451 e. The van der Waals surface area contributed by atoms with Crippen molar-refractivity contribution in [2.24, 2.45) is 0 Å². The third kappa shape index (κ3) is 6.64. The highest BCUT2D eigenvalue weighted by molar-refractivity contribution is 6.30. The Morgan fingerprint density at radius 3 is 2.56 bits per heavy atom. The van der Waals surface area contributed by atoms with Gasteiger partial charge in [0, 0.05) is 54.6 Å². The van der Waals surface area contributed by atoms with Crippen molar-refractivity contribution in [1.82, 2.24) is 39.8 Å². The summed E-state index contributed by atoms with van der Waals surface area (Å²) in [5.41, 5.74) is 2.07. The van der Waals surface area contributed by atoms with Crippen LogP contribution < -0.4 is 9.64 Å². The number of aromatic amines is 1. The van der Waals surface area contributed by atoms with Gasteiger partial charge in [-0.15, -0.1) is 20.4 Å². The van der Waals surface area contributed by atoms with Gasteiger partial charge >= 0.3 is 6.18 Å². The molecule has 0 spiro atoms. The number of hydrogen-bond donors (Lipinski definition) is 1. The van der Waals surface area contributed by atoms with E-state index in [9.17, 15) is 22.0 Å². The monoisotopic (exact) mass is 689 g/mol. The molecule has 0 amide bonds. The molecule has 2 aliphatic rings. The summed E-state index contributed by atoms with van der Waals surface area (Å²) in [5, 5.41) is 15.5. The second-order valence-corrected chi connectivity index (χ2v) is 12.2. The molecule has 252 valence electrons. The van der Waals surface area contributed by atoms with E-state index in [0.29, 0.717) is 56.3 Å². The standard InChI is InChI=1S/C31H29ClF5N9O2/c1-17-13-45(20-4-5-22(33)26(11-20)48-16-18-2-3-19(32)10-23(18)34)8-7-44(17)15-27-38-25-12-24(28-39-30(43-41-28)31(35,36)37)40-42-29(25)46(27)14-21-6-9-47-21/h2-5,10-12,17,21H,6-9,13-16H2,1H3,(H,39,41,43). The van der Waals surface area contributed by atoms with Gasteiger partial charge in [0.25, 0.3) is 0 Å². The lowest BCUT2D eigenvalue weighted by atomic mass is 10.1. The van der Waals surface area contributed by atoms with Crippen LogP contribution >= 0.6 is 11.6 Å². The van der Waals surface area contributed by atoms with Gasteiger partial charge in [0.1, 0.15) is 29.5 Å². The second-order valence-electron chi connectivity index (χ2n) is 11.8. The molecule has 48 heavy (non-hydrogen) atoms. The van der Waals surface area contributed by atoms with Crippen LogP contribution in [0.3, 0.4) is 0 Å². The van der Waals surface area contributed by atoms with Gasteiger partial charge in [0.05, 0.1) is 19.2 Å². The van der Waals surface area contributed by atoms with E-state index >= 15 is 0 Å². The minimum Gasteiger partial charge on any atom is -0.486 e.